The van der Waals surface area contributed by atoms with Crippen LogP contribution in [0.25, 0.3) is 44.4 Å². The molecule has 60 heavy (non-hydrogen) atoms. The Balaban J connectivity index is 1.10. The van der Waals surface area contributed by atoms with E-state index in [9.17, 15) is 0 Å². The first-order chi connectivity index (χ1) is 28.7. The van der Waals surface area contributed by atoms with Gasteiger partial charge in [0.1, 0.15) is 40.4 Å². The largest absolute Gasteiger partial charge is 0.370 e. The van der Waals surface area contributed by atoms with Gasteiger partial charge in [0.25, 0.3) is 6.17 Å². The Morgan fingerprint density at radius 3 is 2.07 bits per heavy atom. The second kappa shape index (κ2) is 15.2. The summed E-state index contributed by atoms with van der Waals surface area (Å²) in [6.07, 6.45) is 6.33. The number of aromatic nitrogens is 5. The van der Waals surface area contributed by atoms with Crippen molar-refractivity contribution in [3.63, 3.8) is 0 Å². The zero-order valence-corrected chi connectivity index (χ0v) is 36.3. The Kier molecular flexibility index (Phi) is 10.2. The highest BCUT2D eigenvalue weighted by molar-refractivity contribution is 5.95. The summed E-state index contributed by atoms with van der Waals surface area (Å²) in [5.41, 5.74) is 13.8. The van der Waals surface area contributed by atoms with Crippen molar-refractivity contribution in [1.82, 2.24) is 25.1 Å². The number of aryl methyl sites for hydroxylation is 6. The maximum Gasteiger partial charge on any atom is 0.282 e. The van der Waals surface area contributed by atoms with E-state index in [4.69, 9.17) is 30.1 Å². The van der Waals surface area contributed by atoms with Crippen molar-refractivity contribution >= 4 is 33.4 Å². The molecule has 316 valence electrons. The van der Waals surface area contributed by atoms with Crippen LogP contribution in [-0.2, 0) is 24.6 Å². The molecule has 1 unspecified atom stereocenters. The number of rotatable bonds is 10. The smallest absolute Gasteiger partial charge is 0.282 e. The van der Waals surface area contributed by atoms with E-state index in [2.05, 4.69) is 61.0 Å². The minimum Gasteiger partial charge on any atom is -0.370 e. The van der Waals surface area contributed by atoms with Gasteiger partial charge < -0.3 is 20.3 Å². The zero-order valence-electron chi connectivity index (χ0n) is 36.3. The summed E-state index contributed by atoms with van der Waals surface area (Å²) in [5, 5.41) is 10.4. The number of fused-ring (bicyclic) bond motifs is 2. The molecule has 6 aromatic rings. The van der Waals surface area contributed by atoms with Crippen LogP contribution in [0, 0.1) is 32.4 Å². The van der Waals surface area contributed by atoms with E-state index >= 15 is 8.78 Å². The lowest BCUT2D eigenvalue weighted by atomic mass is 9.98. The molecule has 9 rings (SSSR count). The van der Waals surface area contributed by atoms with Crippen molar-refractivity contribution in [3.8, 4) is 22.6 Å². The highest BCUT2D eigenvalue weighted by atomic mass is 19.1. The van der Waals surface area contributed by atoms with Gasteiger partial charge >= 0.3 is 0 Å². The Hall–Kier alpha value is -4.98. The minimum atomic E-state index is -0.402. The molecule has 7 heterocycles. The monoisotopic (exact) mass is 818 g/mol. The van der Waals surface area contributed by atoms with Crippen LogP contribution < -0.4 is 25.6 Å². The summed E-state index contributed by atoms with van der Waals surface area (Å²) in [7, 11) is 1.91. The molecule has 3 N–H and O–H groups in total. The van der Waals surface area contributed by atoms with Crippen LogP contribution in [0.2, 0.25) is 0 Å². The summed E-state index contributed by atoms with van der Waals surface area (Å²) in [6, 6.07) is 11.4. The number of halogens is 2. The maximum atomic E-state index is 15.8. The minimum absolute atomic E-state index is 0.140. The van der Waals surface area contributed by atoms with Gasteiger partial charge in [-0.05, 0) is 119 Å². The molecule has 0 radical (unpaired) electrons. The molecule has 11 nitrogen and oxygen atoms in total. The number of ether oxygens (including phenoxy) is 1. The van der Waals surface area contributed by atoms with Gasteiger partial charge in [-0.1, -0.05) is 13.8 Å². The van der Waals surface area contributed by atoms with Gasteiger partial charge in [0, 0.05) is 85.1 Å². The summed E-state index contributed by atoms with van der Waals surface area (Å²) in [6.45, 7) is 17.8. The standard InChI is InChI=1S/C47H58F2N9O2/c1-9-30-21-32-28(4)39(36-13-16-55(8)54-36)44(51-41(32)34(48)23-30)57-18-15-47(7,26-57)53-43(37-12-11-19-59-37)58-27(3)20-38(60-58)40-29(5)33-22-31(10-2)24-35(49)42(33)52-45(40)56-17-14-46(6,50)25-56/h13,16,20-24,37,43,53H,9-12,14-15,17-19,25-26,50H2,1-8H3/q+1/t37-,43?,46+,47+/m1/s1. The molecule has 0 aliphatic carbocycles. The van der Waals surface area contributed by atoms with Crippen molar-refractivity contribution in [1.29, 1.82) is 0 Å². The topological polar surface area (TPSA) is 114 Å². The van der Waals surface area contributed by atoms with Gasteiger partial charge in [-0.15, -0.1) is 0 Å². The van der Waals surface area contributed by atoms with Gasteiger partial charge in [0.05, 0.1) is 17.3 Å². The van der Waals surface area contributed by atoms with E-state index in [1.54, 1.807) is 16.8 Å². The normalized spacial score (nSPS) is 22.6. The molecule has 0 bridgehead atoms. The summed E-state index contributed by atoms with van der Waals surface area (Å²) in [4.78, 5) is 14.6. The van der Waals surface area contributed by atoms with E-state index in [-0.39, 0.29) is 23.9 Å². The van der Waals surface area contributed by atoms with E-state index in [0.29, 0.717) is 61.8 Å². The van der Waals surface area contributed by atoms with E-state index in [1.165, 1.54) is 0 Å². The van der Waals surface area contributed by atoms with Crippen LogP contribution in [0.15, 0.2) is 47.1 Å². The maximum absolute atomic E-state index is 15.8. The van der Waals surface area contributed by atoms with Crippen molar-refractivity contribution in [2.24, 2.45) is 12.8 Å². The number of benzene rings is 2. The predicted molar refractivity (Wildman–Crippen MR) is 232 cm³/mol. The molecular formula is C47H58F2N9O2+. The van der Waals surface area contributed by atoms with Crippen molar-refractivity contribution in [2.75, 3.05) is 42.6 Å². The third kappa shape index (κ3) is 7.11. The lowest BCUT2D eigenvalue weighted by Crippen LogP contribution is -2.60. The Bertz CT molecular complexity index is 2630. The molecule has 13 heteroatoms. The first kappa shape index (κ1) is 40.4. The molecular weight excluding hydrogens is 761 g/mol. The van der Waals surface area contributed by atoms with Crippen LogP contribution >= 0.6 is 0 Å². The number of nitrogens with one attached hydrogen (secondary N) is 1. The Morgan fingerprint density at radius 2 is 1.50 bits per heavy atom. The first-order valence-corrected chi connectivity index (χ1v) is 21.6. The molecule has 3 saturated heterocycles. The Morgan fingerprint density at radius 1 is 0.883 bits per heavy atom. The lowest BCUT2D eigenvalue weighted by molar-refractivity contribution is -0.894. The molecule has 4 aromatic heterocycles. The fourth-order valence-electron chi connectivity index (χ4n) is 9.84. The van der Waals surface area contributed by atoms with Gasteiger partial charge in [0.15, 0.2) is 0 Å². The average molecular weight is 819 g/mol. The third-order valence-corrected chi connectivity index (χ3v) is 13.2. The number of hydrogen-bond acceptors (Lipinski definition) is 9. The molecule has 2 aromatic carbocycles. The van der Waals surface area contributed by atoms with E-state index in [1.807, 2.05) is 44.8 Å². The summed E-state index contributed by atoms with van der Waals surface area (Å²) < 4.78 is 48.7. The number of nitrogens with zero attached hydrogens (tertiary/aromatic N) is 7. The second-order valence-electron chi connectivity index (χ2n) is 18.2. The van der Waals surface area contributed by atoms with Crippen LogP contribution in [0.4, 0.5) is 20.4 Å². The summed E-state index contributed by atoms with van der Waals surface area (Å²) >= 11 is 0. The van der Waals surface area contributed by atoms with Crippen LogP contribution in [-0.4, -0.2) is 69.7 Å². The number of anilines is 2. The van der Waals surface area contributed by atoms with Crippen LogP contribution in [0.5, 0.6) is 0 Å². The van der Waals surface area contributed by atoms with Crippen LogP contribution in [0.1, 0.15) is 87.5 Å². The van der Waals surface area contributed by atoms with Crippen molar-refractivity contribution < 1.29 is 22.8 Å². The fraction of sp³-hybridized carbons (Fsp3) is 0.489. The molecule has 3 aliphatic heterocycles. The van der Waals surface area contributed by atoms with Crippen LogP contribution in [0.3, 0.4) is 0 Å². The fourth-order valence-corrected chi connectivity index (χ4v) is 9.84. The average Bonchev–Trinajstić information content (AvgIpc) is 4.07. The number of nitrogens with two attached hydrogens (primary N) is 1. The van der Waals surface area contributed by atoms with Gasteiger partial charge in [0.2, 0.25) is 11.5 Å². The SMILES string of the molecule is CCc1cc(F)c2nc(N3CC[C@](C)(NC([C@H]4CCCO4)[n+]4oc(-c5c(N6CC[C@](C)(N)C6)nc6c(F)cc(CC)cc6c5C)cc4C)C3)c(-c3ccn(C)n3)c(C)c2c1. The lowest BCUT2D eigenvalue weighted by Gasteiger charge is -2.30. The second-order valence-corrected chi connectivity index (χ2v) is 18.2. The van der Waals surface area contributed by atoms with Gasteiger partial charge in [-0.25, -0.2) is 28.6 Å². The molecule has 0 spiro atoms. The van der Waals surface area contributed by atoms with Crippen molar-refractivity contribution in [3.05, 3.63) is 82.2 Å². The third-order valence-electron chi connectivity index (χ3n) is 13.2. The quantitative estimate of drug-likeness (QED) is 0.133. The van der Waals surface area contributed by atoms with Gasteiger partial charge in [-0.2, -0.15) is 5.10 Å². The number of pyridine rings is 2. The zero-order chi connectivity index (χ0) is 42.2. The molecule has 3 aliphatic rings. The molecule has 0 amide bonds. The highest BCUT2D eigenvalue weighted by Gasteiger charge is 2.46. The highest BCUT2D eigenvalue weighted by Crippen LogP contribution is 2.42. The molecule has 4 atom stereocenters. The number of hydrogen-bond donors (Lipinski definition) is 2. The molecule has 3 fully saturated rings. The molecule has 0 saturated carbocycles. The summed E-state index contributed by atoms with van der Waals surface area (Å²) in [5.74, 6) is 1.45. The predicted octanol–water partition coefficient (Wildman–Crippen LogP) is 7.92. The van der Waals surface area contributed by atoms with Crippen molar-refractivity contribution in [2.45, 2.75) is 110 Å². The van der Waals surface area contributed by atoms with E-state index in [0.717, 1.165) is 93.5 Å². The first-order valence-electron chi connectivity index (χ1n) is 21.6. The Labute approximate surface area is 350 Å². The van der Waals surface area contributed by atoms with E-state index < -0.39 is 11.1 Å². The van der Waals surface area contributed by atoms with Gasteiger partial charge in [-0.3, -0.25) is 4.68 Å².